The van der Waals surface area contributed by atoms with Gasteiger partial charge in [0.05, 0.1) is 12.7 Å². The first-order valence-corrected chi connectivity index (χ1v) is 9.94. The van der Waals surface area contributed by atoms with E-state index in [9.17, 15) is 18.0 Å². The summed E-state index contributed by atoms with van der Waals surface area (Å²) in [6.07, 6.45) is 1.36. The lowest BCUT2D eigenvalue weighted by Gasteiger charge is -2.15. The van der Waals surface area contributed by atoms with Gasteiger partial charge in [-0.3, -0.25) is 9.59 Å². The van der Waals surface area contributed by atoms with Gasteiger partial charge in [-0.15, -0.1) is 0 Å². The summed E-state index contributed by atoms with van der Waals surface area (Å²) in [5.74, 6) is -0.398. The van der Waals surface area contributed by atoms with Crippen molar-refractivity contribution in [1.82, 2.24) is 9.62 Å². The fourth-order valence-electron chi connectivity index (χ4n) is 2.99. The predicted octanol–water partition coefficient (Wildman–Crippen LogP) is 1.59. The minimum absolute atomic E-state index is 0.0565. The summed E-state index contributed by atoms with van der Waals surface area (Å²) >= 11 is 0. The van der Waals surface area contributed by atoms with Crippen molar-refractivity contribution in [2.75, 3.05) is 20.2 Å². The number of benzene rings is 2. The fraction of sp³-hybridized carbons (Fsp3) is 0.263. The largest absolute Gasteiger partial charge is 0.496 e. The Kier molecular flexibility index (Phi) is 5.46. The molecule has 2 aromatic carbocycles. The van der Waals surface area contributed by atoms with Gasteiger partial charge in [0, 0.05) is 6.54 Å². The molecule has 27 heavy (non-hydrogen) atoms. The average molecular weight is 388 g/mol. The number of para-hydroxylation sites is 1. The van der Waals surface area contributed by atoms with Crippen molar-refractivity contribution in [1.29, 1.82) is 0 Å². The fourth-order valence-corrected chi connectivity index (χ4v) is 4.51. The molecule has 0 spiro atoms. The number of rotatable bonds is 7. The number of amides is 2. The van der Waals surface area contributed by atoms with Crippen molar-refractivity contribution >= 4 is 21.8 Å². The number of methoxy groups -OCH3 is 1. The normalized spacial score (nSPS) is 14.7. The standard InChI is InChI=1S/C19H20N2O5S/c1-26-16-10-4-2-7-14(16)8-6-12-20-18(22)13-21-19(23)15-9-3-5-11-17(15)27(21,24)25/h2-5,7,9-11H,6,8,12-13H2,1H3,(H,20,22). The molecule has 0 bridgehead atoms. The number of carbonyl (C=O) groups excluding carboxylic acids is 2. The number of hydrogen-bond acceptors (Lipinski definition) is 5. The van der Waals surface area contributed by atoms with Crippen molar-refractivity contribution in [2.45, 2.75) is 17.7 Å². The van der Waals surface area contributed by atoms with E-state index in [1.807, 2.05) is 24.3 Å². The van der Waals surface area contributed by atoms with Crippen LogP contribution in [0, 0.1) is 0 Å². The Morgan fingerprint density at radius 2 is 1.81 bits per heavy atom. The van der Waals surface area contributed by atoms with Gasteiger partial charge in [-0.2, -0.15) is 0 Å². The van der Waals surface area contributed by atoms with E-state index >= 15 is 0 Å². The van der Waals surface area contributed by atoms with Crippen LogP contribution >= 0.6 is 0 Å². The molecule has 0 aromatic heterocycles. The maximum absolute atomic E-state index is 12.4. The van der Waals surface area contributed by atoms with Gasteiger partial charge in [0.25, 0.3) is 15.9 Å². The number of aryl methyl sites for hydroxylation is 1. The molecule has 7 nitrogen and oxygen atoms in total. The molecule has 0 atom stereocenters. The summed E-state index contributed by atoms with van der Waals surface area (Å²) in [4.78, 5) is 24.4. The first-order chi connectivity index (χ1) is 12.9. The van der Waals surface area contributed by atoms with E-state index in [0.29, 0.717) is 23.7 Å². The smallest absolute Gasteiger partial charge is 0.269 e. The van der Waals surface area contributed by atoms with Crippen molar-refractivity contribution in [3.05, 3.63) is 59.7 Å². The number of fused-ring (bicyclic) bond motifs is 1. The lowest BCUT2D eigenvalue weighted by atomic mass is 10.1. The van der Waals surface area contributed by atoms with E-state index in [-0.39, 0.29) is 10.5 Å². The zero-order valence-corrected chi connectivity index (χ0v) is 15.7. The van der Waals surface area contributed by atoms with E-state index in [0.717, 1.165) is 11.3 Å². The van der Waals surface area contributed by atoms with Crippen molar-refractivity contribution in [2.24, 2.45) is 0 Å². The van der Waals surface area contributed by atoms with Gasteiger partial charge in [-0.25, -0.2) is 12.7 Å². The molecule has 0 saturated heterocycles. The minimum atomic E-state index is -3.97. The van der Waals surface area contributed by atoms with Crippen LogP contribution in [-0.2, 0) is 21.2 Å². The maximum Gasteiger partial charge on any atom is 0.269 e. The first-order valence-electron chi connectivity index (χ1n) is 8.50. The lowest BCUT2D eigenvalue weighted by molar-refractivity contribution is -0.121. The van der Waals surface area contributed by atoms with Gasteiger partial charge in [0.2, 0.25) is 5.91 Å². The monoisotopic (exact) mass is 388 g/mol. The van der Waals surface area contributed by atoms with Gasteiger partial charge >= 0.3 is 0 Å². The number of sulfonamides is 1. The second kappa shape index (κ2) is 7.79. The number of carbonyl (C=O) groups is 2. The van der Waals surface area contributed by atoms with Crippen LogP contribution in [0.3, 0.4) is 0 Å². The Morgan fingerprint density at radius 3 is 2.56 bits per heavy atom. The molecule has 0 unspecified atom stereocenters. The van der Waals surface area contributed by atoms with Gasteiger partial charge in [-0.1, -0.05) is 30.3 Å². The molecule has 0 saturated carbocycles. The lowest BCUT2D eigenvalue weighted by Crippen LogP contribution is -2.40. The summed E-state index contributed by atoms with van der Waals surface area (Å²) in [7, 11) is -2.36. The highest BCUT2D eigenvalue weighted by molar-refractivity contribution is 7.90. The van der Waals surface area contributed by atoms with Crippen LogP contribution in [-0.4, -0.2) is 44.7 Å². The summed E-state index contributed by atoms with van der Waals surface area (Å²) in [6.45, 7) is -0.156. The third kappa shape index (κ3) is 3.80. The van der Waals surface area contributed by atoms with Crippen molar-refractivity contribution in [3.63, 3.8) is 0 Å². The summed E-state index contributed by atoms with van der Waals surface area (Å²) in [5, 5.41) is 2.66. The molecule has 0 radical (unpaired) electrons. The summed E-state index contributed by atoms with van der Waals surface area (Å²) in [6, 6.07) is 13.6. The Bertz CT molecular complexity index is 972. The van der Waals surface area contributed by atoms with Crippen LogP contribution < -0.4 is 10.1 Å². The maximum atomic E-state index is 12.4. The number of nitrogens with zero attached hydrogens (tertiary/aromatic N) is 1. The number of hydrogen-bond donors (Lipinski definition) is 1. The minimum Gasteiger partial charge on any atom is -0.496 e. The molecule has 3 rings (SSSR count). The van der Waals surface area contributed by atoms with Crippen LogP contribution in [0.25, 0.3) is 0 Å². The van der Waals surface area contributed by atoms with Crippen LogP contribution in [0.1, 0.15) is 22.3 Å². The molecule has 142 valence electrons. The molecule has 1 N–H and O–H groups in total. The van der Waals surface area contributed by atoms with E-state index in [1.165, 1.54) is 12.1 Å². The van der Waals surface area contributed by atoms with Gasteiger partial charge in [0.1, 0.15) is 17.2 Å². The van der Waals surface area contributed by atoms with Gasteiger partial charge < -0.3 is 10.1 Å². The third-order valence-corrected chi connectivity index (χ3v) is 6.12. The third-order valence-electron chi connectivity index (χ3n) is 4.34. The zero-order chi connectivity index (χ0) is 19.4. The second-order valence-electron chi connectivity index (χ2n) is 6.08. The average Bonchev–Trinajstić information content (AvgIpc) is 2.86. The van der Waals surface area contributed by atoms with Gasteiger partial charge in [0.15, 0.2) is 0 Å². The first kappa shape index (κ1) is 18.9. The van der Waals surface area contributed by atoms with E-state index in [2.05, 4.69) is 5.32 Å². The van der Waals surface area contributed by atoms with E-state index < -0.39 is 28.4 Å². The number of ether oxygens (including phenoxy) is 1. The predicted molar refractivity (Wildman–Crippen MR) is 99.0 cm³/mol. The zero-order valence-electron chi connectivity index (χ0n) is 14.8. The molecule has 0 fully saturated rings. The highest BCUT2D eigenvalue weighted by atomic mass is 32.2. The summed E-state index contributed by atoms with van der Waals surface area (Å²) < 4.78 is 30.8. The number of nitrogens with one attached hydrogen (secondary N) is 1. The van der Waals surface area contributed by atoms with Crippen LogP contribution in [0.15, 0.2) is 53.4 Å². The molecule has 8 heteroatoms. The van der Waals surface area contributed by atoms with E-state index in [1.54, 1.807) is 19.2 Å². The van der Waals surface area contributed by atoms with Crippen LogP contribution in [0.5, 0.6) is 5.75 Å². The topological polar surface area (TPSA) is 92.8 Å². The van der Waals surface area contributed by atoms with Crippen LogP contribution in [0.2, 0.25) is 0 Å². The highest BCUT2D eigenvalue weighted by Crippen LogP contribution is 2.29. The molecule has 1 heterocycles. The molecule has 1 aliphatic heterocycles. The molecule has 1 aliphatic rings. The molecule has 0 aliphatic carbocycles. The Hall–Kier alpha value is -2.87. The SMILES string of the molecule is COc1ccccc1CCCNC(=O)CN1C(=O)c2ccccc2S1(=O)=O. The molecular formula is C19H20N2O5S. The van der Waals surface area contributed by atoms with Gasteiger partial charge in [-0.05, 0) is 36.6 Å². The Balaban J connectivity index is 1.54. The molecule has 2 amide bonds. The molecular weight excluding hydrogens is 368 g/mol. The Labute approximate surface area is 158 Å². The van der Waals surface area contributed by atoms with Crippen molar-refractivity contribution < 1.29 is 22.7 Å². The quantitative estimate of drug-likeness (QED) is 0.727. The Morgan fingerprint density at radius 1 is 1.11 bits per heavy atom. The highest BCUT2D eigenvalue weighted by Gasteiger charge is 2.41. The van der Waals surface area contributed by atoms with Crippen molar-refractivity contribution in [3.8, 4) is 5.75 Å². The van der Waals surface area contributed by atoms with E-state index in [4.69, 9.17) is 4.74 Å². The summed E-state index contributed by atoms with van der Waals surface area (Å²) in [5.41, 5.74) is 1.13. The van der Waals surface area contributed by atoms with Crippen LogP contribution in [0.4, 0.5) is 0 Å². The molecule has 2 aromatic rings. The second-order valence-corrected chi connectivity index (χ2v) is 7.91.